The molecule has 5 nitrogen and oxygen atoms in total. The number of rotatable bonds is 4. The number of carbonyl (C=O) groups is 2. The van der Waals surface area contributed by atoms with E-state index in [1.54, 1.807) is 12.1 Å². The summed E-state index contributed by atoms with van der Waals surface area (Å²) in [6, 6.07) is 5.72. The van der Waals surface area contributed by atoms with Crippen LogP contribution in [0, 0.1) is 17.7 Å². The monoisotopic (exact) mass is 415 g/mol. The van der Waals surface area contributed by atoms with Crippen molar-refractivity contribution in [2.45, 2.75) is 51.5 Å². The molecule has 30 heavy (non-hydrogen) atoms. The molecule has 2 amide bonds. The predicted molar refractivity (Wildman–Crippen MR) is 115 cm³/mol. The molecule has 0 N–H and O–H groups in total. The molecule has 6 heteroatoms. The minimum atomic E-state index is -0.332. The first-order chi connectivity index (χ1) is 14.5. The van der Waals surface area contributed by atoms with Crippen molar-refractivity contribution in [3.8, 4) is 0 Å². The van der Waals surface area contributed by atoms with Crippen LogP contribution in [0.15, 0.2) is 24.3 Å². The van der Waals surface area contributed by atoms with E-state index in [2.05, 4.69) is 16.7 Å². The first-order valence-corrected chi connectivity index (χ1v) is 11.6. The number of piperidine rings is 1. The standard InChI is InChI=1S/C24H34FN3O2/c1-18-10-12-27(13-11-18)24(30)22(19-4-2-3-5-19)26-14-16-28(17-15-26)23(29)20-6-8-21(25)9-7-20/h6-9,18-19,22H,2-5,10-17H2,1H3. The predicted octanol–water partition coefficient (Wildman–Crippen LogP) is 3.40. The minimum absolute atomic E-state index is 0.0380. The summed E-state index contributed by atoms with van der Waals surface area (Å²) in [4.78, 5) is 32.6. The number of nitrogens with zero attached hydrogens (tertiary/aromatic N) is 3. The molecule has 2 aliphatic heterocycles. The Kier molecular flexibility index (Phi) is 6.71. The average molecular weight is 416 g/mol. The van der Waals surface area contributed by atoms with Crippen LogP contribution in [0.5, 0.6) is 0 Å². The molecule has 2 heterocycles. The minimum Gasteiger partial charge on any atom is -0.341 e. The topological polar surface area (TPSA) is 43.9 Å². The summed E-state index contributed by atoms with van der Waals surface area (Å²) < 4.78 is 13.2. The molecular formula is C24H34FN3O2. The molecule has 0 radical (unpaired) electrons. The van der Waals surface area contributed by atoms with E-state index in [0.717, 1.165) is 51.9 Å². The zero-order valence-corrected chi connectivity index (χ0v) is 18.1. The normalized spacial score (nSPS) is 23.0. The molecule has 1 aliphatic carbocycles. The van der Waals surface area contributed by atoms with E-state index < -0.39 is 0 Å². The van der Waals surface area contributed by atoms with Crippen molar-refractivity contribution in [2.75, 3.05) is 39.3 Å². The number of amides is 2. The SMILES string of the molecule is CC1CCN(C(=O)C(C2CCCC2)N2CCN(C(=O)c3ccc(F)cc3)CC2)CC1. The Labute approximate surface area is 179 Å². The summed E-state index contributed by atoms with van der Waals surface area (Å²) in [5.41, 5.74) is 0.524. The highest BCUT2D eigenvalue weighted by Crippen LogP contribution is 2.33. The number of hydrogen-bond acceptors (Lipinski definition) is 3. The number of halogens is 1. The van der Waals surface area contributed by atoms with Crippen LogP contribution in [-0.4, -0.2) is 71.8 Å². The van der Waals surface area contributed by atoms with Gasteiger partial charge < -0.3 is 9.80 Å². The highest BCUT2D eigenvalue weighted by Gasteiger charge is 2.39. The van der Waals surface area contributed by atoms with Crippen LogP contribution in [0.1, 0.15) is 55.8 Å². The number of carbonyl (C=O) groups excluding carboxylic acids is 2. The van der Waals surface area contributed by atoms with Gasteiger partial charge >= 0.3 is 0 Å². The first kappa shape index (κ1) is 21.3. The number of piperazine rings is 1. The van der Waals surface area contributed by atoms with Crippen molar-refractivity contribution in [1.82, 2.24) is 14.7 Å². The van der Waals surface area contributed by atoms with Gasteiger partial charge in [0.05, 0.1) is 6.04 Å². The number of benzene rings is 1. The van der Waals surface area contributed by atoms with Crippen molar-refractivity contribution in [2.24, 2.45) is 11.8 Å². The molecule has 4 rings (SSSR count). The van der Waals surface area contributed by atoms with Gasteiger partial charge in [0, 0.05) is 44.8 Å². The van der Waals surface area contributed by atoms with Gasteiger partial charge in [0.2, 0.25) is 5.91 Å². The molecule has 164 valence electrons. The molecular weight excluding hydrogens is 381 g/mol. The lowest BCUT2D eigenvalue weighted by atomic mass is 9.92. The van der Waals surface area contributed by atoms with Crippen LogP contribution in [0.2, 0.25) is 0 Å². The third kappa shape index (κ3) is 4.69. The van der Waals surface area contributed by atoms with Gasteiger partial charge in [-0.15, -0.1) is 0 Å². The molecule has 1 saturated carbocycles. The second-order valence-corrected chi connectivity index (χ2v) is 9.33. The molecule has 0 spiro atoms. The maximum atomic E-state index is 13.5. The van der Waals surface area contributed by atoms with Gasteiger partial charge in [-0.3, -0.25) is 14.5 Å². The Morgan fingerprint density at radius 1 is 0.867 bits per heavy atom. The van der Waals surface area contributed by atoms with Crippen LogP contribution in [0.4, 0.5) is 4.39 Å². The molecule has 0 bridgehead atoms. The fourth-order valence-corrected chi connectivity index (χ4v) is 5.32. The van der Waals surface area contributed by atoms with E-state index in [9.17, 15) is 14.0 Å². The largest absolute Gasteiger partial charge is 0.341 e. The highest BCUT2D eigenvalue weighted by atomic mass is 19.1. The zero-order valence-electron chi connectivity index (χ0n) is 18.1. The Morgan fingerprint density at radius 3 is 2.07 bits per heavy atom. The van der Waals surface area contributed by atoms with Gasteiger partial charge in [0.25, 0.3) is 5.91 Å². The van der Waals surface area contributed by atoms with Gasteiger partial charge in [0.15, 0.2) is 0 Å². The van der Waals surface area contributed by atoms with Crippen molar-refractivity contribution in [3.63, 3.8) is 0 Å². The fourth-order valence-electron chi connectivity index (χ4n) is 5.32. The second-order valence-electron chi connectivity index (χ2n) is 9.33. The van der Waals surface area contributed by atoms with E-state index in [0.29, 0.717) is 36.4 Å². The highest BCUT2D eigenvalue weighted by molar-refractivity contribution is 5.94. The summed E-state index contributed by atoms with van der Waals surface area (Å²) in [5.74, 6) is 1.08. The summed E-state index contributed by atoms with van der Waals surface area (Å²) >= 11 is 0. The molecule has 3 fully saturated rings. The molecule has 2 saturated heterocycles. The van der Waals surface area contributed by atoms with Crippen LogP contribution in [0.3, 0.4) is 0 Å². The third-order valence-electron chi connectivity index (χ3n) is 7.28. The molecule has 1 unspecified atom stereocenters. The smallest absolute Gasteiger partial charge is 0.253 e. The van der Waals surface area contributed by atoms with Crippen molar-refractivity contribution in [3.05, 3.63) is 35.6 Å². The maximum Gasteiger partial charge on any atom is 0.253 e. The second kappa shape index (κ2) is 9.46. The van der Waals surface area contributed by atoms with Crippen molar-refractivity contribution in [1.29, 1.82) is 0 Å². The first-order valence-electron chi connectivity index (χ1n) is 11.6. The van der Waals surface area contributed by atoms with Gasteiger partial charge in [-0.25, -0.2) is 4.39 Å². The van der Waals surface area contributed by atoms with E-state index in [1.807, 2.05) is 4.90 Å². The summed E-state index contributed by atoms with van der Waals surface area (Å²) in [6.45, 7) is 6.72. The lowest BCUT2D eigenvalue weighted by Gasteiger charge is -2.43. The van der Waals surface area contributed by atoms with Crippen LogP contribution in [0.25, 0.3) is 0 Å². The summed E-state index contributed by atoms with van der Waals surface area (Å²) in [6.07, 6.45) is 6.90. The van der Waals surface area contributed by atoms with E-state index in [-0.39, 0.29) is 17.8 Å². The third-order valence-corrected chi connectivity index (χ3v) is 7.28. The van der Waals surface area contributed by atoms with Crippen molar-refractivity contribution < 1.29 is 14.0 Å². The Balaban J connectivity index is 1.41. The fraction of sp³-hybridized carbons (Fsp3) is 0.667. The van der Waals surface area contributed by atoms with Gasteiger partial charge in [0.1, 0.15) is 5.82 Å². The zero-order chi connectivity index (χ0) is 21.1. The molecule has 1 aromatic carbocycles. The Hall–Kier alpha value is -1.95. The van der Waals surface area contributed by atoms with E-state index in [1.165, 1.54) is 25.0 Å². The molecule has 0 aromatic heterocycles. The quantitative estimate of drug-likeness (QED) is 0.757. The van der Waals surface area contributed by atoms with E-state index >= 15 is 0 Å². The van der Waals surface area contributed by atoms with Crippen LogP contribution >= 0.6 is 0 Å². The lowest BCUT2D eigenvalue weighted by molar-refractivity contribution is -0.141. The lowest BCUT2D eigenvalue weighted by Crippen LogP contribution is -2.59. The van der Waals surface area contributed by atoms with Crippen molar-refractivity contribution >= 4 is 11.8 Å². The number of hydrogen-bond donors (Lipinski definition) is 0. The van der Waals surface area contributed by atoms with Gasteiger partial charge in [-0.05, 0) is 61.8 Å². The summed E-state index contributed by atoms with van der Waals surface area (Å²) in [5, 5.41) is 0. The Morgan fingerprint density at radius 2 is 1.47 bits per heavy atom. The maximum absolute atomic E-state index is 13.5. The van der Waals surface area contributed by atoms with Gasteiger partial charge in [-0.1, -0.05) is 19.8 Å². The number of likely N-dealkylation sites (tertiary alicyclic amines) is 1. The van der Waals surface area contributed by atoms with Crippen LogP contribution in [-0.2, 0) is 4.79 Å². The average Bonchev–Trinajstić information content (AvgIpc) is 3.29. The summed E-state index contributed by atoms with van der Waals surface area (Å²) in [7, 11) is 0. The van der Waals surface area contributed by atoms with Gasteiger partial charge in [-0.2, -0.15) is 0 Å². The van der Waals surface area contributed by atoms with E-state index in [4.69, 9.17) is 0 Å². The van der Waals surface area contributed by atoms with Crippen LogP contribution < -0.4 is 0 Å². The molecule has 1 aromatic rings. The Bertz CT molecular complexity index is 731. The molecule has 1 atom stereocenters. The molecule has 3 aliphatic rings.